The van der Waals surface area contributed by atoms with Crippen LogP contribution in [0.2, 0.25) is 0 Å². The van der Waals surface area contributed by atoms with E-state index in [4.69, 9.17) is 9.47 Å². The van der Waals surface area contributed by atoms with Crippen LogP contribution in [0, 0.1) is 0 Å². The van der Waals surface area contributed by atoms with Crippen molar-refractivity contribution < 1.29 is 19.4 Å². The fourth-order valence-corrected chi connectivity index (χ4v) is 1.94. The summed E-state index contributed by atoms with van der Waals surface area (Å²) in [4.78, 5) is 11.4. The second kappa shape index (κ2) is 12.2. The second-order valence-corrected chi connectivity index (χ2v) is 5.44. The van der Waals surface area contributed by atoms with Gasteiger partial charge < -0.3 is 19.9 Å². The van der Waals surface area contributed by atoms with Gasteiger partial charge in [-0.1, -0.05) is 32.0 Å². The van der Waals surface area contributed by atoms with Crippen molar-refractivity contribution in [3.05, 3.63) is 29.8 Å². The van der Waals surface area contributed by atoms with E-state index in [0.29, 0.717) is 37.8 Å². The molecule has 0 amide bonds. The Morgan fingerprint density at radius 3 is 2.65 bits per heavy atom. The molecule has 0 saturated carbocycles. The van der Waals surface area contributed by atoms with Gasteiger partial charge in [0.05, 0.1) is 6.61 Å². The van der Waals surface area contributed by atoms with Gasteiger partial charge in [0.15, 0.2) is 0 Å². The molecule has 0 aromatic heterocycles. The minimum absolute atomic E-state index is 0. The number of carbonyl (C=O) groups is 1. The van der Waals surface area contributed by atoms with Crippen molar-refractivity contribution in [1.29, 1.82) is 0 Å². The van der Waals surface area contributed by atoms with Crippen molar-refractivity contribution in [2.45, 2.75) is 45.8 Å². The maximum absolute atomic E-state index is 11.4. The number of hydrogen-bond acceptors (Lipinski definition) is 5. The third-order valence-corrected chi connectivity index (χ3v) is 3.07. The molecule has 0 bridgehead atoms. The smallest absolute Gasteiger partial charge is 0.306 e. The topological polar surface area (TPSA) is 67.8 Å². The molecule has 2 N–H and O–H groups in total. The highest BCUT2D eigenvalue weighted by molar-refractivity contribution is 5.85. The molecule has 1 atom stereocenters. The average Bonchev–Trinajstić information content (AvgIpc) is 2.50. The summed E-state index contributed by atoms with van der Waals surface area (Å²) in [5.41, 5.74) is 0.944. The molecule has 1 rings (SSSR count). The molecule has 0 aliphatic carbocycles. The summed E-state index contributed by atoms with van der Waals surface area (Å²) >= 11 is 0. The lowest BCUT2D eigenvalue weighted by Gasteiger charge is -2.16. The minimum Gasteiger partial charge on any atom is -0.491 e. The van der Waals surface area contributed by atoms with Gasteiger partial charge in [-0.2, -0.15) is 0 Å². The zero-order valence-corrected chi connectivity index (χ0v) is 14.9. The summed E-state index contributed by atoms with van der Waals surface area (Å²) in [5.74, 6) is 0.494. The van der Waals surface area contributed by atoms with E-state index in [-0.39, 0.29) is 25.0 Å². The minimum atomic E-state index is -0.569. The molecule has 0 aliphatic rings. The summed E-state index contributed by atoms with van der Waals surface area (Å²) < 4.78 is 10.6. The molecule has 0 aliphatic heterocycles. The predicted molar refractivity (Wildman–Crippen MR) is 93.3 cm³/mol. The van der Waals surface area contributed by atoms with E-state index < -0.39 is 6.10 Å². The van der Waals surface area contributed by atoms with Crippen LogP contribution in [-0.2, 0) is 16.0 Å². The van der Waals surface area contributed by atoms with E-state index in [2.05, 4.69) is 5.32 Å². The second-order valence-electron chi connectivity index (χ2n) is 5.44. The number of carbonyl (C=O) groups excluding carboxylic acids is 1. The lowest BCUT2D eigenvalue weighted by Crippen LogP contribution is -2.35. The number of aryl methyl sites for hydroxylation is 1. The van der Waals surface area contributed by atoms with E-state index >= 15 is 0 Å². The Morgan fingerprint density at radius 2 is 2.00 bits per heavy atom. The normalized spacial score (nSPS) is 11.7. The van der Waals surface area contributed by atoms with Crippen LogP contribution in [-0.4, -0.2) is 43.0 Å². The largest absolute Gasteiger partial charge is 0.491 e. The average molecular weight is 346 g/mol. The van der Waals surface area contributed by atoms with Crippen molar-refractivity contribution in [3.8, 4) is 5.75 Å². The number of ether oxygens (including phenoxy) is 2. The first kappa shape index (κ1) is 21.7. The Kier molecular flexibility index (Phi) is 11.5. The first-order valence-corrected chi connectivity index (χ1v) is 7.80. The Balaban J connectivity index is 0.00000484. The van der Waals surface area contributed by atoms with E-state index in [1.165, 1.54) is 0 Å². The molecule has 0 saturated heterocycles. The number of hydrogen-bond donors (Lipinski definition) is 2. The van der Waals surface area contributed by atoms with Gasteiger partial charge in [-0.3, -0.25) is 4.79 Å². The fourth-order valence-electron chi connectivity index (χ4n) is 1.94. The number of rotatable bonds is 10. The molecule has 5 nitrogen and oxygen atoms in total. The highest BCUT2D eigenvalue weighted by Gasteiger charge is 2.10. The Hall–Kier alpha value is -1.30. The van der Waals surface area contributed by atoms with Gasteiger partial charge in [0, 0.05) is 19.0 Å². The van der Waals surface area contributed by atoms with Crippen LogP contribution in [0.5, 0.6) is 5.75 Å². The first-order valence-electron chi connectivity index (χ1n) is 7.80. The molecule has 0 spiro atoms. The third-order valence-electron chi connectivity index (χ3n) is 3.07. The lowest BCUT2D eigenvalue weighted by molar-refractivity contribution is -0.143. The van der Waals surface area contributed by atoms with Gasteiger partial charge in [-0.15, -0.1) is 12.4 Å². The van der Waals surface area contributed by atoms with Crippen LogP contribution in [0.15, 0.2) is 24.3 Å². The number of nitrogens with one attached hydrogen (secondary N) is 1. The van der Waals surface area contributed by atoms with E-state index in [1.807, 2.05) is 38.1 Å². The molecule has 0 radical (unpaired) electrons. The fraction of sp³-hybridized carbons (Fsp3) is 0.588. The predicted octanol–water partition coefficient (Wildman–Crippen LogP) is 2.34. The molecular formula is C17H28ClNO4. The van der Waals surface area contributed by atoms with Crippen LogP contribution in [0.4, 0.5) is 0 Å². The molecule has 23 heavy (non-hydrogen) atoms. The molecule has 0 heterocycles. The Labute approximate surface area is 144 Å². The van der Waals surface area contributed by atoms with Crippen LogP contribution in [0.1, 0.15) is 32.8 Å². The van der Waals surface area contributed by atoms with Crippen LogP contribution < -0.4 is 10.1 Å². The Morgan fingerprint density at radius 1 is 1.30 bits per heavy atom. The Bertz CT molecular complexity index is 454. The maximum atomic E-state index is 11.4. The molecule has 132 valence electrons. The van der Waals surface area contributed by atoms with E-state index in [1.54, 1.807) is 6.92 Å². The highest BCUT2D eigenvalue weighted by atomic mass is 35.5. The number of benzene rings is 1. The maximum Gasteiger partial charge on any atom is 0.306 e. The zero-order chi connectivity index (χ0) is 16.4. The molecule has 0 unspecified atom stereocenters. The summed E-state index contributed by atoms with van der Waals surface area (Å²) in [6.45, 7) is 6.95. The summed E-state index contributed by atoms with van der Waals surface area (Å²) in [7, 11) is 0. The van der Waals surface area contributed by atoms with Gasteiger partial charge in [-0.05, 0) is 25.0 Å². The number of aliphatic hydroxyl groups is 1. The standard InChI is InChI=1S/C17H27NO4.ClH/c1-4-21-17(20)10-9-14-7-5-6-8-16(14)22-12-15(19)11-18-13(2)3;/h5-8,13,15,18-19H,4,9-12H2,1-3H3;1H/t15-;/m0./s1. The van der Waals surface area contributed by atoms with Crippen molar-refractivity contribution in [2.75, 3.05) is 19.8 Å². The quantitative estimate of drug-likeness (QED) is 0.637. The molecule has 1 aromatic carbocycles. The van der Waals surface area contributed by atoms with Crippen molar-refractivity contribution in [3.63, 3.8) is 0 Å². The van der Waals surface area contributed by atoms with Crippen LogP contribution >= 0.6 is 12.4 Å². The summed E-state index contributed by atoms with van der Waals surface area (Å²) in [5, 5.41) is 13.0. The van der Waals surface area contributed by atoms with Gasteiger partial charge >= 0.3 is 5.97 Å². The molecule has 6 heteroatoms. The van der Waals surface area contributed by atoms with Crippen LogP contribution in [0.3, 0.4) is 0 Å². The third kappa shape index (κ3) is 9.43. The van der Waals surface area contributed by atoms with Gasteiger partial charge in [0.1, 0.15) is 18.5 Å². The van der Waals surface area contributed by atoms with Gasteiger partial charge in [0.25, 0.3) is 0 Å². The highest BCUT2D eigenvalue weighted by Crippen LogP contribution is 2.20. The molecular weight excluding hydrogens is 318 g/mol. The molecule has 1 aromatic rings. The van der Waals surface area contributed by atoms with Gasteiger partial charge in [0.2, 0.25) is 0 Å². The van der Waals surface area contributed by atoms with Crippen molar-refractivity contribution in [2.24, 2.45) is 0 Å². The summed E-state index contributed by atoms with van der Waals surface area (Å²) in [6, 6.07) is 7.88. The van der Waals surface area contributed by atoms with Crippen molar-refractivity contribution >= 4 is 18.4 Å². The van der Waals surface area contributed by atoms with Gasteiger partial charge in [-0.25, -0.2) is 0 Å². The number of esters is 1. The summed E-state index contributed by atoms with van der Waals surface area (Å²) in [6.07, 6.45) is 0.321. The zero-order valence-electron chi connectivity index (χ0n) is 14.1. The monoisotopic (exact) mass is 345 g/mol. The SMILES string of the molecule is CCOC(=O)CCc1ccccc1OC[C@@H](O)CNC(C)C.Cl. The van der Waals surface area contributed by atoms with E-state index in [0.717, 1.165) is 5.56 Å². The number of aliphatic hydroxyl groups excluding tert-OH is 1. The van der Waals surface area contributed by atoms with Crippen molar-refractivity contribution in [1.82, 2.24) is 5.32 Å². The van der Waals surface area contributed by atoms with Crippen LogP contribution in [0.25, 0.3) is 0 Å². The number of halogens is 1. The number of para-hydroxylation sites is 1. The van der Waals surface area contributed by atoms with E-state index in [9.17, 15) is 9.90 Å². The first-order chi connectivity index (χ1) is 10.5. The molecule has 0 fully saturated rings. The lowest BCUT2D eigenvalue weighted by atomic mass is 10.1.